The van der Waals surface area contributed by atoms with E-state index in [0.717, 1.165) is 11.1 Å². The monoisotopic (exact) mass is 266 g/mol. The number of halogens is 2. The molecule has 94 valence electrons. The van der Waals surface area contributed by atoms with Crippen molar-refractivity contribution < 1.29 is 14.2 Å². The molecular weight excluding hydrogens is 255 g/mol. The van der Waals surface area contributed by atoms with Crippen molar-refractivity contribution in [2.24, 2.45) is 0 Å². The van der Waals surface area contributed by atoms with Gasteiger partial charge in [-0.3, -0.25) is 0 Å². The molecule has 0 aliphatic carbocycles. The summed E-state index contributed by atoms with van der Waals surface area (Å²) in [5.41, 5.74) is 1.60. The number of rotatable bonds is 3. The van der Waals surface area contributed by atoms with Crippen molar-refractivity contribution in [3.8, 4) is 11.5 Å². The highest BCUT2D eigenvalue weighted by Crippen LogP contribution is 2.30. The number of hydrogen-bond acceptors (Lipinski definition) is 2. The average Bonchev–Trinajstić information content (AvgIpc) is 2.37. The summed E-state index contributed by atoms with van der Waals surface area (Å²) in [5.74, 6) is 0.0421. The maximum Gasteiger partial charge on any atom is 0.184 e. The first kappa shape index (κ1) is 12.9. The van der Waals surface area contributed by atoms with Crippen LogP contribution < -0.4 is 4.74 Å². The largest absolute Gasteiger partial charge is 0.454 e. The van der Waals surface area contributed by atoms with Crippen LogP contribution >= 0.6 is 11.6 Å². The molecule has 0 aliphatic heterocycles. The van der Waals surface area contributed by atoms with E-state index in [1.54, 1.807) is 24.3 Å². The van der Waals surface area contributed by atoms with Gasteiger partial charge in [0.1, 0.15) is 5.75 Å². The maximum absolute atomic E-state index is 13.7. The Hall–Kier alpha value is -1.58. The molecule has 4 heteroatoms. The smallest absolute Gasteiger partial charge is 0.184 e. The third-order valence-corrected chi connectivity index (χ3v) is 2.85. The molecule has 0 unspecified atom stereocenters. The Bertz CT molecular complexity index is 570. The van der Waals surface area contributed by atoms with Gasteiger partial charge >= 0.3 is 0 Å². The van der Waals surface area contributed by atoms with Crippen LogP contribution in [0.4, 0.5) is 4.39 Å². The van der Waals surface area contributed by atoms with Gasteiger partial charge in [-0.2, -0.15) is 0 Å². The van der Waals surface area contributed by atoms with Crippen molar-refractivity contribution in [2.75, 3.05) is 0 Å². The normalized spacial score (nSPS) is 10.4. The van der Waals surface area contributed by atoms with E-state index in [2.05, 4.69) is 0 Å². The fraction of sp³-hybridized carbons (Fsp3) is 0.143. The van der Waals surface area contributed by atoms with E-state index in [-0.39, 0.29) is 17.4 Å². The predicted octanol–water partition coefficient (Wildman–Crippen LogP) is 4.07. The first-order valence-corrected chi connectivity index (χ1v) is 5.82. The molecule has 2 nitrogen and oxygen atoms in total. The first-order chi connectivity index (χ1) is 8.61. The zero-order valence-electron chi connectivity index (χ0n) is 9.78. The summed E-state index contributed by atoms with van der Waals surface area (Å²) in [6.45, 7) is 1.80. The molecule has 0 saturated heterocycles. The quantitative estimate of drug-likeness (QED) is 0.907. The summed E-state index contributed by atoms with van der Waals surface area (Å²) in [4.78, 5) is 0. The Morgan fingerprint density at radius 1 is 1.22 bits per heavy atom. The van der Waals surface area contributed by atoms with Crippen LogP contribution in [-0.4, -0.2) is 5.11 Å². The molecule has 0 atom stereocenters. The van der Waals surface area contributed by atoms with Gasteiger partial charge in [0.05, 0.1) is 11.6 Å². The van der Waals surface area contributed by atoms with Crippen LogP contribution in [0, 0.1) is 12.7 Å². The van der Waals surface area contributed by atoms with Gasteiger partial charge in [0.25, 0.3) is 0 Å². The van der Waals surface area contributed by atoms with Crippen molar-refractivity contribution >= 4 is 11.6 Å². The molecule has 0 radical (unpaired) electrons. The lowest BCUT2D eigenvalue weighted by Gasteiger charge is -2.10. The number of aliphatic hydroxyl groups excluding tert-OH is 1. The van der Waals surface area contributed by atoms with E-state index >= 15 is 0 Å². The Kier molecular flexibility index (Phi) is 3.84. The summed E-state index contributed by atoms with van der Waals surface area (Å²) in [7, 11) is 0. The van der Waals surface area contributed by atoms with Gasteiger partial charge in [-0.1, -0.05) is 29.8 Å². The molecule has 0 aromatic heterocycles. The molecule has 0 amide bonds. The lowest BCUT2D eigenvalue weighted by atomic mass is 10.1. The van der Waals surface area contributed by atoms with Gasteiger partial charge in [-0.25, -0.2) is 4.39 Å². The Labute approximate surface area is 110 Å². The summed E-state index contributed by atoms with van der Waals surface area (Å²) >= 11 is 5.68. The molecule has 0 fully saturated rings. The second-order valence-electron chi connectivity index (χ2n) is 3.91. The molecular formula is C14H12ClFO2. The van der Waals surface area contributed by atoms with Crippen molar-refractivity contribution in [3.63, 3.8) is 0 Å². The minimum Gasteiger partial charge on any atom is -0.454 e. The highest BCUT2D eigenvalue weighted by Gasteiger charge is 2.09. The second kappa shape index (κ2) is 5.38. The van der Waals surface area contributed by atoms with E-state index in [1.807, 2.05) is 6.92 Å². The molecule has 2 rings (SSSR count). The second-order valence-corrected chi connectivity index (χ2v) is 4.32. The van der Waals surface area contributed by atoms with E-state index in [1.165, 1.54) is 12.1 Å². The first-order valence-electron chi connectivity index (χ1n) is 5.44. The van der Waals surface area contributed by atoms with Gasteiger partial charge in [0.15, 0.2) is 11.6 Å². The van der Waals surface area contributed by atoms with Crippen LogP contribution in [0.1, 0.15) is 11.1 Å². The van der Waals surface area contributed by atoms with Gasteiger partial charge in [0.2, 0.25) is 0 Å². The van der Waals surface area contributed by atoms with E-state index in [4.69, 9.17) is 21.4 Å². The number of benzene rings is 2. The molecule has 0 heterocycles. The number of ether oxygens (including phenoxy) is 1. The van der Waals surface area contributed by atoms with E-state index in [9.17, 15) is 4.39 Å². The van der Waals surface area contributed by atoms with Crippen molar-refractivity contribution in [1.82, 2.24) is 0 Å². The lowest BCUT2D eigenvalue weighted by Crippen LogP contribution is -1.93. The molecule has 0 aliphatic rings. The molecule has 0 spiro atoms. The lowest BCUT2D eigenvalue weighted by molar-refractivity contribution is 0.281. The molecule has 2 aromatic carbocycles. The Morgan fingerprint density at radius 3 is 2.67 bits per heavy atom. The summed E-state index contributed by atoms with van der Waals surface area (Å²) < 4.78 is 19.1. The minimum atomic E-state index is -0.579. The van der Waals surface area contributed by atoms with Crippen LogP contribution in [0.25, 0.3) is 0 Å². The van der Waals surface area contributed by atoms with Gasteiger partial charge < -0.3 is 9.84 Å². The fourth-order valence-electron chi connectivity index (χ4n) is 1.61. The van der Waals surface area contributed by atoms with Gasteiger partial charge in [-0.15, -0.1) is 0 Å². The third kappa shape index (κ3) is 2.63. The minimum absolute atomic E-state index is 0.0251. The third-order valence-electron chi connectivity index (χ3n) is 2.56. The van der Waals surface area contributed by atoms with Crippen LogP contribution in [-0.2, 0) is 6.61 Å². The molecule has 0 saturated carbocycles. The molecule has 18 heavy (non-hydrogen) atoms. The highest BCUT2D eigenvalue weighted by molar-refractivity contribution is 6.30. The Balaban J connectivity index is 2.31. The van der Waals surface area contributed by atoms with Crippen LogP contribution in [0.15, 0.2) is 36.4 Å². The van der Waals surface area contributed by atoms with Crippen molar-refractivity contribution in [3.05, 3.63) is 58.4 Å². The molecule has 2 aromatic rings. The van der Waals surface area contributed by atoms with Gasteiger partial charge in [-0.05, 0) is 36.2 Å². The topological polar surface area (TPSA) is 29.5 Å². The summed E-state index contributed by atoms with van der Waals surface area (Å²) in [6.07, 6.45) is 0. The van der Waals surface area contributed by atoms with Crippen molar-refractivity contribution in [2.45, 2.75) is 13.5 Å². The Morgan fingerprint density at radius 2 is 2.00 bits per heavy atom. The standard InChI is InChI=1S/C14H12ClFO2/c1-9-7-10(8-17)5-6-12(9)18-13-4-2-3-11(15)14(13)16/h2-7,17H,8H2,1H3. The zero-order valence-corrected chi connectivity index (χ0v) is 10.5. The van der Waals surface area contributed by atoms with Crippen LogP contribution in [0.2, 0.25) is 5.02 Å². The van der Waals surface area contributed by atoms with Crippen LogP contribution in [0.3, 0.4) is 0 Å². The van der Waals surface area contributed by atoms with E-state index in [0.29, 0.717) is 5.75 Å². The summed E-state index contributed by atoms with van der Waals surface area (Å²) in [6, 6.07) is 9.81. The average molecular weight is 267 g/mol. The number of hydrogen-bond donors (Lipinski definition) is 1. The maximum atomic E-state index is 13.7. The fourth-order valence-corrected chi connectivity index (χ4v) is 1.77. The summed E-state index contributed by atoms with van der Waals surface area (Å²) in [5, 5.41) is 9.03. The van der Waals surface area contributed by atoms with Gasteiger partial charge in [0, 0.05) is 0 Å². The molecule has 0 bridgehead atoms. The SMILES string of the molecule is Cc1cc(CO)ccc1Oc1cccc(Cl)c1F. The molecule has 1 N–H and O–H groups in total. The van der Waals surface area contributed by atoms with Crippen LogP contribution in [0.5, 0.6) is 11.5 Å². The van der Waals surface area contributed by atoms with Crippen molar-refractivity contribution in [1.29, 1.82) is 0 Å². The zero-order chi connectivity index (χ0) is 13.1. The van der Waals surface area contributed by atoms with E-state index < -0.39 is 5.82 Å². The number of aliphatic hydroxyl groups is 1. The highest BCUT2D eigenvalue weighted by atomic mass is 35.5. The number of aryl methyl sites for hydroxylation is 1. The predicted molar refractivity (Wildman–Crippen MR) is 68.6 cm³/mol.